The van der Waals surface area contributed by atoms with E-state index in [0.29, 0.717) is 17.9 Å². The van der Waals surface area contributed by atoms with Crippen molar-refractivity contribution < 1.29 is 4.79 Å². The van der Waals surface area contributed by atoms with Crippen LogP contribution in [-0.4, -0.2) is 11.9 Å². The van der Waals surface area contributed by atoms with E-state index in [0.717, 1.165) is 24.2 Å². The maximum atomic E-state index is 12.2. The molecular formula is C17H29NO. The van der Waals surface area contributed by atoms with Gasteiger partial charge in [0.15, 0.2) is 0 Å². The largest absolute Gasteiger partial charge is 0.353 e. The molecule has 3 aliphatic rings. The van der Waals surface area contributed by atoms with Gasteiger partial charge >= 0.3 is 0 Å². The molecule has 3 fully saturated rings. The highest BCUT2D eigenvalue weighted by atomic mass is 16.1. The lowest BCUT2D eigenvalue weighted by Gasteiger charge is -2.29. The topological polar surface area (TPSA) is 29.1 Å². The van der Waals surface area contributed by atoms with E-state index in [1.807, 2.05) is 0 Å². The Bertz CT molecular complexity index is 321. The van der Waals surface area contributed by atoms with Crippen molar-refractivity contribution in [1.29, 1.82) is 0 Å². The first-order valence-corrected chi connectivity index (χ1v) is 8.51. The number of carbonyl (C=O) groups excluding carboxylic acids is 1. The highest BCUT2D eigenvalue weighted by molar-refractivity contribution is 5.76. The number of fused-ring (bicyclic) bond motifs is 2. The van der Waals surface area contributed by atoms with E-state index < -0.39 is 0 Å². The van der Waals surface area contributed by atoms with Crippen molar-refractivity contribution in [3.8, 4) is 0 Å². The van der Waals surface area contributed by atoms with E-state index in [2.05, 4.69) is 12.2 Å². The van der Waals surface area contributed by atoms with Gasteiger partial charge in [0.05, 0.1) is 0 Å². The number of carbonyl (C=O) groups is 1. The first kappa shape index (κ1) is 13.5. The number of rotatable bonds is 4. The third-order valence-corrected chi connectivity index (χ3v) is 6.02. The van der Waals surface area contributed by atoms with Crippen LogP contribution >= 0.6 is 0 Å². The molecule has 1 amide bonds. The summed E-state index contributed by atoms with van der Waals surface area (Å²) in [5.74, 6) is 3.65. The van der Waals surface area contributed by atoms with Crippen molar-refractivity contribution in [2.24, 2.45) is 23.7 Å². The zero-order chi connectivity index (χ0) is 13.2. The summed E-state index contributed by atoms with van der Waals surface area (Å²) in [4.78, 5) is 12.2. The molecule has 3 aliphatic carbocycles. The molecule has 4 atom stereocenters. The van der Waals surface area contributed by atoms with Gasteiger partial charge in [-0.05, 0) is 62.7 Å². The summed E-state index contributed by atoms with van der Waals surface area (Å²) in [5.41, 5.74) is 0. The maximum Gasteiger partial charge on any atom is 0.220 e. The zero-order valence-corrected chi connectivity index (χ0v) is 12.4. The van der Waals surface area contributed by atoms with Crippen LogP contribution in [0.25, 0.3) is 0 Å². The highest BCUT2D eigenvalue weighted by Crippen LogP contribution is 2.49. The van der Waals surface area contributed by atoms with Gasteiger partial charge in [0.2, 0.25) is 5.91 Å². The maximum absolute atomic E-state index is 12.2. The van der Waals surface area contributed by atoms with Gasteiger partial charge in [-0.2, -0.15) is 0 Å². The summed E-state index contributed by atoms with van der Waals surface area (Å²) < 4.78 is 0. The van der Waals surface area contributed by atoms with E-state index in [-0.39, 0.29) is 0 Å². The van der Waals surface area contributed by atoms with E-state index >= 15 is 0 Å². The van der Waals surface area contributed by atoms with Crippen LogP contribution in [0.15, 0.2) is 0 Å². The fourth-order valence-corrected chi connectivity index (χ4v) is 4.98. The lowest BCUT2D eigenvalue weighted by molar-refractivity contribution is -0.123. The first-order chi connectivity index (χ1) is 9.22. The van der Waals surface area contributed by atoms with Crippen molar-refractivity contribution in [3.05, 3.63) is 0 Å². The van der Waals surface area contributed by atoms with Gasteiger partial charge in [0, 0.05) is 12.5 Å². The van der Waals surface area contributed by atoms with Crippen LogP contribution < -0.4 is 5.32 Å². The molecule has 2 heteroatoms. The van der Waals surface area contributed by atoms with Crippen molar-refractivity contribution in [2.45, 2.75) is 77.2 Å². The third kappa shape index (κ3) is 3.14. The quantitative estimate of drug-likeness (QED) is 0.819. The highest BCUT2D eigenvalue weighted by Gasteiger charge is 2.42. The predicted octanol–water partition coefficient (Wildman–Crippen LogP) is 3.90. The minimum Gasteiger partial charge on any atom is -0.353 e. The SMILES string of the molecule is CC(NC(=O)CC1CCCCC1)C1CC2CCC1C2. The molecule has 3 saturated carbocycles. The fraction of sp³-hybridized carbons (Fsp3) is 0.941. The van der Waals surface area contributed by atoms with Crippen LogP contribution in [-0.2, 0) is 4.79 Å². The number of hydrogen-bond acceptors (Lipinski definition) is 1. The average molecular weight is 263 g/mol. The second-order valence-electron chi connectivity index (χ2n) is 7.40. The second-order valence-corrected chi connectivity index (χ2v) is 7.40. The summed E-state index contributed by atoms with van der Waals surface area (Å²) in [6, 6.07) is 0.409. The molecular weight excluding hydrogens is 234 g/mol. The van der Waals surface area contributed by atoms with Gasteiger partial charge in [-0.3, -0.25) is 4.79 Å². The van der Waals surface area contributed by atoms with Gasteiger partial charge in [-0.15, -0.1) is 0 Å². The number of nitrogens with one attached hydrogen (secondary N) is 1. The Morgan fingerprint density at radius 2 is 1.89 bits per heavy atom. The van der Waals surface area contributed by atoms with E-state index in [9.17, 15) is 4.79 Å². The molecule has 2 bridgehead atoms. The molecule has 2 nitrogen and oxygen atoms in total. The third-order valence-electron chi connectivity index (χ3n) is 6.02. The van der Waals surface area contributed by atoms with Crippen LogP contribution in [0.1, 0.15) is 71.1 Å². The van der Waals surface area contributed by atoms with Crippen molar-refractivity contribution in [3.63, 3.8) is 0 Å². The fourth-order valence-electron chi connectivity index (χ4n) is 4.98. The minimum absolute atomic E-state index is 0.321. The molecule has 0 radical (unpaired) electrons. The molecule has 0 spiro atoms. The molecule has 19 heavy (non-hydrogen) atoms. The molecule has 0 aromatic heterocycles. The van der Waals surface area contributed by atoms with E-state index in [1.165, 1.54) is 57.8 Å². The molecule has 108 valence electrons. The van der Waals surface area contributed by atoms with Crippen LogP contribution in [0.2, 0.25) is 0 Å². The minimum atomic E-state index is 0.321. The molecule has 0 aromatic rings. The Kier molecular flexibility index (Phi) is 4.14. The smallest absolute Gasteiger partial charge is 0.220 e. The lowest BCUT2D eigenvalue weighted by atomic mass is 9.83. The summed E-state index contributed by atoms with van der Waals surface area (Å²) in [6.07, 6.45) is 13.0. The van der Waals surface area contributed by atoms with Crippen LogP contribution in [0.3, 0.4) is 0 Å². The Morgan fingerprint density at radius 3 is 2.53 bits per heavy atom. The lowest BCUT2D eigenvalue weighted by Crippen LogP contribution is -2.40. The standard InChI is InChI=1S/C17H29NO/c1-12(16-10-14-7-8-15(16)9-14)18-17(19)11-13-5-3-2-4-6-13/h12-16H,2-11H2,1H3,(H,18,19). The van der Waals surface area contributed by atoms with Crippen LogP contribution in [0.4, 0.5) is 0 Å². The van der Waals surface area contributed by atoms with Gasteiger partial charge in [0.1, 0.15) is 0 Å². The zero-order valence-electron chi connectivity index (χ0n) is 12.4. The molecule has 0 aromatic carbocycles. The summed E-state index contributed by atoms with van der Waals surface area (Å²) in [7, 11) is 0. The Labute approximate surface area is 117 Å². The Hall–Kier alpha value is -0.530. The average Bonchev–Trinajstić information content (AvgIpc) is 3.02. The molecule has 4 unspecified atom stereocenters. The molecule has 0 saturated heterocycles. The predicted molar refractivity (Wildman–Crippen MR) is 77.7 cm³/mol. The second kappa shape index (κ2) is 5.85. The van der Waals surface area contributed by atoms with Crippen LogP contribution in [0.5, 0.6) is 0 Å². The van der Waals surface area contributed by atoms with Crippen molar-refractivity contribution >= 4 is 5.91 Å². The molecule has 1 N–H and O–H groups in total. The summed E-state index contributed by atoms with van der Waals surface area (Å²) in [5, 5.41) is 3.32. The Balaban J connectivity index is 1.43. The number of hydrogen-bond donors (Lipinski definition) is 1. The van der Waals surface area contributed by atoms with Gasteiger partial charge in [-0.1, -0.05) is 25.7 Å². The Morgan fingerprint density at radius 1 is 1.11 bits per heavy atom. The van der Waals surface area contributed by atoms with Gasteiger partial charge in [-0.25, -0.2) is 0 Å². The van der Waals surface area contributed by atoms with E-state index in [1.54, 1.807) is 0 Å². The van der Waals surface area contributed by atoms with Gasteiger partial charge < -0.3 is 5.32 Å². The number of amides is 1. The van der Waals surface area contributed by atoms with Gasteiger partial charge in [0.25, 0.3) is 0 Å². The summed E-state index contributed by atoms with van der Waals surface area (Å²) >= 11 is 0. The van der Waals surface area contributed by atoms with E-state index in [4.69, 9.17) is 0 Å². The first-order valence-electron chi connectivity index (χ1n) is 8.51. The molecule has 3 rings (SSSR count). The van der Waals surface area contributed by atoms with Crippen molar-refractivity contribution in [2.75, 3.05) is 0 Å². The molecule has 0 aliphatic heterocycles. The van der Waals surface area contributed by atoms with Crippen LogP contribution in [0, 0.1) is 23.7 Å². The normalized spacial score (nSPS) is 36.4. The van der Waals surface area contributed by atoms with Crippen molar-refractivity contribution in [1.82, 2.24) is 5.32 Å². The molecule has 0 heterocycles. The summed E-state index contributed by atoms with van der Waals surface area (Å²) in [6.45, 7) is 2.24. The monoisotopic (exact) mass is 263 g/mol.